The molecule has 0 saturated carbocycles. The summed E-state index contributed by atoms with van der Waals surface area (Å²) < 4.78 is 0. The molecule has 2 nitrogen and oxygen atoms in total. The van der Waals surface area contributed by atoms with Crippen LogP contribution >= 0.6 is 0 Å². The Hall–Kier alpha value is -2.74. The van der Waals surface area contributed by atoms with Crippen molar-refractivity contribution in [2.24, 2.45) is 0 Å². The van der Waals surface area contributed by atoms with E-state index in [4.69, 9.17) is 0 Å². The van der Waals surface area contributed by atoms with Crippen molar-refractivity contribution in [3.05, 3.63) is 103 Å². The van der Waals surface area contributed by atoms with Crippen LogP contribution in [0.15, 0.2) is 103 Å². The molecule has 23 heavy (non-hydrogen) atoms. The van der Waals surface area contributed by atoms with Gasteiger partial charge in [0.05, 0.1) is 22.8 Å². The zero-order valence-electron chi connectivity index (χ0n) is 14.2. The smallest absolute Gasteiger partial charge is 0.0696 e. The number of para-hydroxylation sites is 1. The van der Waals surface area contributed by atoms with Crippen molar-refractivity contribution in [2.75, 3.05) is 11.9 Å². The third-order valence-electron chi connectivity index (χ3n) is 3.81. The van der Waals surface area contributed by atoms with Crippen molar-refractivity contribution < 1.29 is 0 Å². The van der Waals surface area contributed by atoms with Gasteiger partial charge in [-0.2, -0.15) is 0 Å². The summed E-state index contributed by atoms with van der Waals surface area (Å²) in [5.74, 6) is 0. The van der Waals surface area contributed by atoms with Crippen LogP contribution in [0.4, 0.5) is 5.69 Å². The van der Waals surface area contributed by atoms with Gasteiger partial charge in [-0.15, -0.1) is 0 Å². The number of likely N-dealkylation sites (N-methyl/N-ethyl adjacent to an activating group) is 1. The molecule has 2 heteroatoms. The molecule has 0 aromatic heterocycles. The van der Waals surface area contributed by atoms with Gasteiger partial charge in [-0.05, 0) is 44.2 Å². The van der Waals surface area contributed by atoms with Crippen molar-refractivity contribution in [1.82, 2.24) is 4.90 Å². The molecule has 0 amide bonds. The fraction of sp³-hybridized carbons (Fsp3) is 0.143. The number of hydrogen-bond acceptors (Lipinski definition) is 2. The lowest BCUT2D eigenvalue weighted by atomic mass is 10.1. The van der Waals surface area contributed by atoms with Gasteiger partial charge in [0.2, 0.25) is 0 Å². The Bertz CT molecular complexity index is 703. The standard InChI is InChI=1S/C21H24N2/c1-6-13-20-19(9-4)23(17-15-11-10-12-16-17)21(14-7-2)18(8-3)22(20)5/h6-16H,2,4H2,1,3,5H3/b13-6-,18-8+,21-14+. The van der Waals surface area contributed by atoms with Crippen LogP contribution in [-0.4, -0.2) is 11.9 Å². The third-order valence-corrected chi connectivity index (χ3v) is 3.81. The predicted molar refractivity (Wildman–Crippen MR) is 101 cm³/mol. The van der Waals surface area contributed by atoms with Gasteiger partial charge >= 0.3 is 0 Å². The molecule has 0 unspecified atom stereocenters. The Labute approximate surface area is 139 Å². The molecule has 2 rings (SSSR count). The van der Waals surface area contributed by atoms with Crippen molar-refractivity contribution in [3.8, 4) is 0 Å². The summed E-state index contributed by atoms with van der Waals surface area (Å²) >= 11 is 0. The topological polar surface area (TPSA) is 6.48 Å². The highest BCUT2D eigenvalue weighted by molar-refractivity contribution is 5.68. The SMILES string of the molecule is C=C/C=C1\C(=C/C)N(C)C(/C=C\C)=C(C=C)N1c1ccccc1. The molecule has 1 aliphatic heterocycles. The number of rotatable bonds is 4. The summed E-state index contributed by atoms with van der Waals surface area (Å²) in [5, 5.41) is 0. The van der Waals surface area contributed by atoms with Crippen LogP contribution in [0.25, 0.3) is 0 Å². The first-order valence-electron chi connectivity index (χ1n) is 7.77. The lowest BCUT2D eigenvalue weighted by Crippen LogP contribution is -2.36. The van der Waals surface area contributed by atoms with Gasteiger partial charge in [0, 0.05) is 12.7 Å². The molecule has 1 heterocycles. The first-order chi connectivity index (χ1) is 11.2. The van der Waals surface area contributed by atoms with Crippen LogP contribution in [-0.2, 0) is 0 Å². The van der Waals surface area contributed by atoms with Crippen LogP contribution in [0, 0.1) is 0 Å². The lowest BCUT2D eigenvalue weighted by Gasteiger charge is -2.41. The molecule has 0 saturated heterocycles. The summed E-state index contributed by atoms with van der Waals surface area (Å²) in [6.45, 7) is 12.0. The van der Waals surface area contributed by atoms with E-state index in [9.17, 15) is 0 Å². The highest BCUT2D eigenvalue weighted by atomic mass is 15.3. The van der Waals surface area contributed by atoms with Crippen LogP contribution < -0.4 is 4.90 Å². The van der Waals surface area contributed by atoms with Gasteiger partial charge in [-0.1, -0.05) is 49.6 Å². The summed E-state index contributed by atoms with van der Waals surface area (Å²) in [7, 11) is 2.08. The summed E-state index contributed by atoms with van der Waals surface area (Å²) in [6, 6.07) is 10.3. The Morgan fingerprint density at radius 2 is 1.65 bits per heavy atom. The molecule has 1 aromatic rings. The van der Waals surface area contributed by atoms with Gasteiger partial charge < -0.3 is 9.80 Å². The highest BCUT2D eigenvalue weighted by Crippen LogP contribution is 2.38. The van der Waals surface area contributed by atoms with Crippen LogP contribution in [0.3, 0.4) is 0 Å². The minimum Gasteiger partial charge on any atom is -0.341 e. The second-order valence-electron chi connectivity index (χ2n) is 5.17. The summed E-state index contributed by atoms with van der Waals surface area (Å²) in [5.41, 5.74) is 5.48. The predicted octanol–water partition coefficient (Wildman–Crippen LogP) is 5.39. The first kappa shape index (κ1) is 16.6. The second-order valence-corrected chi connectivity index (χ2v) is 5.17. The Balaban J connectivity index is 2.81. The molecular weight excluding hydrogens is 280 g/mol. The maximum absolute atomic E-state index is 4.04. The van der Waals surface area contributed by atoms with Gasteiger partial charge in [0.25, 0.3) is 0 Å². The molecule has 0 aliphatic carbocycles. The molecule has 0 radical (unpaired) electrons. The van der Waals surface area contributed by atoms with E-state index in [1.54, 1.807) is 0 Å². The maximum Gasteiger partial charge on any atom is 0.0696 e. The van der Waals surface area contributed by atoms with Crippen molar-refractivity contribution in [1.29, 1.82) is 0 Å². The van der Waals surface area contributed by atoms with E-state index in [0.717, 1.165) is 28.5 Å². The van der Waals surface area contributed by atoms with Gasteiger partial charge in [-0.3, -0.25) is 0 Å². The first-order valence-corrected chi connectivity index (χ1v) is 7.77. The average Bonchev–Trinajstić information content (AvgIpc) is 2.58. The van der Waals surface area contributed by atoms with E-state index in [1.165, 1.54) is 0 Å². The number of allylic oxidation sites excluding steroid dienone is 6. The van der Waals surface area contributed by atoms with Crippen LogP contribution in [0.5, 0.6) is 0 Å². The fourth-order valence-corrected chi connectivity index (χ4v) is 2.85. The van der Waals surface area contributed by atoms with Crippen molar-refractivity contribution in [3.63, 3.8) is 0 Å². The van der Waals surface area contributed by atoms with Gasteiger partial charge in [0.15, 0.2) is 0 Å². The van der Waals surface area contributed by atoms with Gasteiger partial charge in [0.1, 0.15) is 0 Å². The molecule has 1 aliphatic rings. The zero-order chi connectivity index (χ0) is 16.8. The zero-order valence-corrected chi connectivity index (χ0v) is 14.2. The van der Waals surface area contributed by atoms with E-state index in [1.807, 2.05) is 49.4 Å². The molecule has 0 fully saturated rings. The number of anilines is 1. The maximum atomic E-state index is 4.04. The Morgan fingerprint density at radius 1 is 0.957 bits per heavy atom. The molecule has 118 valence electrons. The number of hydrogen-bond donors (Lipinski definition) is 0. The largest absolute Gasteiger partial charge is 0.341 e. The normalized spacial score (nSPS) is 19.1. The second kappa shape index (κ2) is 7.50. The van der Waals surface area contributed by atoms with Crippen LogP contribution in [0.1, 0.15) is 13.8 Å². The van der Waals surface area contributed by atoms with E-state index in [2.05, 4.69) is 61.2 Å². The molecule has 1 aromatic carbocycles. The summed E-state index contributed by atoms with van der Waals surface area (Å²) in [6.07, 6.45) is 12.0. The Morgan fingerprint density at radius 3 is 2.17 bits per heavy atom. The van der Waals surface area contributed by atoms with E-state index in [0.29, 0.717) is 0 Å². The fourth-order valence-electron chi connectivity index (χ4n) is 2.85. The molecule has 0 bridgehead atoms. The molecule has 0 N–H and O–H groups in total. The molecule has 0 atom stereocenters. The quantitative estimate of drug-likeness (QED) is 0.736. The molecular formula is C21H24N2. The monoisotopic (exact) mass is 304 g/mol. The number of nitrogens with zero attached hydrogens (tertiary/aromatic N) is 2. The average molecular weight is 304 g/mol. The lowest BCUT2D eigenvalue weighted by molar-refractivity contribution is 0.518. The minimum absolute atomic E-state index is 1.05. The highest BCUT2D eigenvalue weighted by Gasteiger charge is 2.29. The number of benzene rings is 1. The van der Waals surface area contributed by atoms with Crippen molar-refractivity contribution >= 4 is 5.69 Å². The van der Waals surface area contributed by atoms with Crippen molar-refractivity contribution in [2.45, 2.75) is 13.8 Å². The third kappa shape index (κ3) is 3.07. The van der Waals surface area contributed by atoms with E-state index < -0.39 is 0 Å². The minimum atomic E-state index is 1.05. The van der Waals surface area contributed by atoms with Gasteiger partial charge in [-0.25, -0.2) is 0 Å². The van der Waals surface area contributed by atoms with E-state index in [-0.39, 0.29) is 0 Å². The van der Waals surface area contributed by atoms with Crippen LogP contribution in [0.2, 0.25) is 0 Å². The summed E-state index contributed by atoms with van der Waals surface area (Å²) in [4.78, 5) is 4.41. The van der Waals surface area contributed by atoms with E-state index >= 15 is 0 Å². The Kier molecular flexibility index (Phi) is 5.42. The molecule has 0 spiro atoms.